The van der Waals surface area contributed by atoms with E-state index in [4.69, 9.17) is 0 Å². The van der Waals surface area contributed by atoms with Crippen molar-refractivity contribution in [3.8, 4) is 0 Å². The smallest absolute Gasteiger partial charge is 0.245 e. The maximum atomic E-state index is 13.2. The molecule has 0 aromatic rings. The topological polar surface area (TPSA) is 98.8 Å². The fourth-order valence-corrected chi connectivity index (χ4v) is 3.39. The van der Waals surface area contributed by atoms with Crippen LogP contribution in [0.25, 0.3) is 0 Å². The summed E-state index contributed by atoms with van der Waals surface area (Å²) in [4.78, 5) is 53.7. The Balaban J connectivity index is 5.67. The highest BCUT2D eigenvalue weighted by Gasteiger charge is 2.35. The van der Waals surface area contributed by atoms with Crippen LogP contribution in [-0.4, -0.2) is 72.7 Å². The SMILES string of the molecule is CCCC(=O)N(C)[C@H](CC)C(=O)N(C)C(CC(C)C)C(=O)NC(C(=O)NC)C(C)C. The van der Waals surface area contributed by atoms with Crippen molar-refractivity contribution < 1.29 is 19.2 Å². The Bertz CT molecular complexity index is 592. The van der Waals surface area contributed by atoms with Crippen LogP contribution in [0, 0.1) is 11.8 Å². The lowest BCUT2D eigenvalue weighted by Gasteiger charge is -2.35. The third kappa shape index (κ3) is 7.95. The maximum absolute atomic E-state index is 13.2. The van der Waals surface area contributed by atoms with Crippen molar-refractivity contribution in [2.75, 3.05) is 21.1 Å². The van der Waals surface area contributed by atoms with Gasteiger partial charge in [-0.05, 0) is 31.1 Å². The predicted molar refractivity (Wildman–Crippen MR) is 119 cm³/mol. The van der Waals surface area contributed by atoms with Gasteiger partial charge >= 0.3 is 0 Å². The lowest BCUT2D eigenvalue weighted by molar-refractivity contribution is -0.148. The highest BCUT2D eigenvalue weighted by molar-refractivity contribution is 5.94. The van der Waals surface area contributed by atoms with Gasteiger partial charge in [-0.25, -0.2) is 0 Å². The van der Waals surface area contributed by atoms with Crippen molar-refractivity contribution in [2.24, 2.45) is 11.8 Å². The van der Waals surface area contributed by atoms with Gasteiger partial charge in [0, 0.05) is 27.6 Å². The molecule has 0 saturated carbocycles. The minimum atomic E-state index is -0.730. The summed E-state index contributed by atoms with van der Waals surface area (Å²) >= 11 is 0. The molecule has 0 fully saturated rings. The molecule has 8 heteroatoms. The Kier molecular flexibility index (Phi) is 12.3. The van der Waals surface area contributed by atoms with Gasteiger partial charge in [-0.2, -0.15) is 0 Å². The molecule has 0 aromatic heterocycles. The Morgan fingerprint density at radius 1 is 0.867 bits per heavy atom. The second-order valence-electron chi connectivity index (χ2n) is 8.62. The van der Waals surface area contributed by atoms with Crippen LogP contribution in [-0.2, 0) is 19.2 Å². The van der Waals surface area contributed by atoms with Gasteiger partial charge in [0.05, 0.1) is 0 Å². The van der Waals surface area contributed by atoms with E-state index in [9.17, 15) is 19.2 Å². The molecule has 0 heterocycles. The second kappa shape index (κ2) is 13.2. The lowest BCUT2D eigenvalue weighted by Crippen LogP contribution is -2.58. The van der Waals surface area contributed by atoms with E-state index in [1.807, 2.05) is 41.5 Å². The van der Waals surface area contributed by atoms with Crippen LogP contribution in [0.1, 0.15) is 67.2 Å². The summed E-state index contributed by atoms with van der Waals surface area (Å²) in [6, 6.07) is -2.04. The van der Waals surface area contributed by atoms with Gasteiger partial charge in [-0.1, -0.05) is 41.5 Å². The van der Waals surface area contributed by atoms with E-state index in [0.29, 0.717) is 25.7 Å². The largest absolute Gasteiger partial charge is 0.357 e. The number of likely N-dealkylation sites (N-methyl/N-ethyl adjacent to an activating group) is 3. The minimum Gasteiger partial charge on any atom is -0.357 e. The van der Waals surface area contributed by atoms with Crippen molar-refractivity contribution in [3.05, 3.63) is 0 Å². The zero-order valence-electron chi connectivity index (χ0n) is 20.2. The third-order valence-electron chi connectivity index (χ3n) is 5.30. The van der Waals surface area contributed by atoms with Crippen LogP contribution in [0.3, 0.4) is 0 Å². The third-order valence-corrected chi connectivity index (χ3v) is 5.30. The normalized spacial score (nSPS) is 14.1. The fourth-order valence-electron chi connectivity index (χ4n) is 3.39. The van der Waals surface area contributed by atoms with Crippen molar-refractivity contribution in [2.45, 2.75) is 85.4 Å². The summed E-state index contributed by atoms with van der Waals surface area (Å²) in [5, 5.41) is 5.38. The van der Waals surface area contributed by atoms with Gasteiger partial charge < -0.3 is 20.4 Å². The zero-order chi connectivity index (χ0) is 23.6. The number of rotatable bonds is 12. The summed E-state index contributed by atoms with van der Waals surface area (Å²) in [6.07, 6.45) is 1.99. The first-order valence-corrected chi connectivity index (χ1v) is 11.0. The molecule has 8 nitrogen and oxygen atoms in total. The van der Waals surface area contributed by atoms with Crippen LogP contribution in [0.4, 0.5) is 0 Å². The summed E-state index contributed by atoms with van der Waals surface area (Å²) in [6.45, 7) is 11.4. The van der Waals surface area contributed by atoms with E-state index in [0.717, 1.165) is 0 Å². The van der Waals surface area contributed by atoms with Gasteiger partial charge in [0.1, 0.15) is 18.1 Å². The predicted octanol–water partition coefficient (Wildman–Crippen LogP) is 1.78. The van der Waals surface area contributed by atoms with E-state index in [2.05, 4.69) is 10.6 Å². The summed E-state index contributed by atoms with van der Waals surface area (Å²) in [5.74, 6) is -0.934. The van der Waals surface area contributed by atoms with Gasteiger partial charge in [0.15, 0.2) is 0 Å². The molecule has 0 spiro atoms. The van der Waals surface area contributed by atoms with Gasteiger partial charge in [-0.3, -0.25) is 19.2 Å². The van der Waals surface area contributed by atoms with E-state index >= 15 is 0 Å². The molecule has 0 aromatic carbocycles. The molecule has 4 amide bonds. The van der Waals surface area contributed by atoms with Crippen molar-refractivity contribution >= 4 is 23.6 Å². The van der Waals surface area contributed by atoms with E-state index in [1.54, 1.807) is 14.1 Å². The monoisotopic (exact) mass is 426 g/mol. The molecule has 0 aliphatic carbocycles. The number of nitrogens with zero attached hydrogens (tertiary/aromatic N) is 2. The molecule has 0 aliphatic rings. The molecule has 0 bridgehead atoms. The average molecular weight is 427 g/mol. The first-order valence-electron chi connectivity index (χ1n) is 11.0. The Morgan fingerprint density at radius 3 is 1.83 bits per heavy atom. The lowest BCUT2D eigenvalue weighted by atomic mass is 9.98. The molecule has 3 atom stereocenters. The van der Waals surface area contributed by atoms with E-state index < -0.39 is 18.1 Å². The second-order valence-corrected chi connectivity index (χ2v) is 8.62. The number of hydrogen-bond donors (Lipinski definition) is 2. The summed E-state index contributed by atoms with van der Waals surface area (Å²) in [5.41, 5.74) is 0. The molecular formula is C22H42N4O4. The molecule has 2 unspecified atom stereocenters. The van der Waals surface area contributed by atoms with Crippen LogP contribution < -0.4 is 10.6 Å². The van der Waals surface area contributed by atoms with E-state index in [1.165, 1.54) is 16.8 Å². The number of carbonyl (C=O) groups excluding carboxylic acids is 4. The Morgan fingerprint density at radius 2 is 1.43 bits per heavy atom. The molecule has 0 aliphatic heterocycles. The zero-order valence-corrected chi connectivity index (χ0v) is 20.2. The van der Waals surface area contributed by atoms with Crippen LogP contribution >= 0.6 is 0 Å². The molecule has 0 radical (unpaired) electrons. The van der Waals surface area contributed by atoms with Crippen molar-refractivity contribution in [1.82, 2.24) is 20.4 Å². The number of carbonyl (C=O) groups is 4. The highest BCUT2D eigenvalue weighted by Crippen LogP contribution is 2.16. The fraction of sp³-hybridized carbons (Fsp3) is 0.818. The summed E-state index contributed by atoms with van der Waals surface area (Å²) < 4.78 is 0. The molecule has 0 saturated heterocycles. The van der Waals surface area contributed by atoms with Crippen LogP contribution in [0.2, 0.25) is 0 Å². The first kappa shape index (κ1) is 27.9. The number of nitrogens with one attached hydrogen (secondary N) is 2. The molecule has 0 rings (SSSR count). The minimum absolute atomic E-state index is 0.0875. The van der Waals surface area contributed by atoms with Crippen LogP contribution in [0.15, 0.2) is 0 Å². The molecule has 2 N–H and O–H groups in total. The quantitative estimate of drug-likeness (QED) is 0.497. The number of amides is 4. The molecular weight excluding hydrogens is 384 g/mol. The maximum Gasteiger partial charge on any atom is 0.245 e. The molecule has 174 valence electrons. The number of hydrogen-bond acceptors (Lipinski definition) is 4. The van der Waals surface area contributed by atoms with E-state index in [-0.39, 0.29) is 35.5 Å². The van der Waals surface area contributed by atoms with Gasteiger partial charge in [-0.15, -0.1) is 0 Å². The first-order chi connectivity index (χ1) is 13.9. The Hall–Kier alpha value is -2.12. The van der Waals surface area contributed by atoms with Crippen molar-refractivity contribution in [1.29, 1.82) is 0 Å². The van der Waals surface area contributed by atoms with Crippen molar-refractivity contribution in [3.63, 3.8) is 0 Å². The molecule has 30 heavy (non-hydrogen) atoms. The highest BCUT2D eigenvalue weighted by atomic mass is 16.2. The summed E-state index contributed by atoms with van der Waals surface area (Å²) in [7, 11) is 4.76. The average Bonchev–Trinajstić information content (AvgIpc) is 2.68. The van der Waals surface area contributed by atoms with Gasteiger partial charge in [0.2, 0.25) is 23.6 Å². The van der Waals surface area contributed by atoms with Gasteiger partial charge in [0.25, 0.3) is 0 Å². The standard InChI is InChI=1S/C22H42N4O4/c1-10-12-18(27)25(8)16(11-2)22(30)26(9)17(13-14(3)4)20(28)24-19(15(5)6)21(29)23-7/h14-17,19H,10-13H2,1-9H3,(H,23,29)(H,24,28)/t16-,17?,19?/m1/s1. The Labute approximate surface area is 182 Å². The van der Waals surface area contributed by atoms with Crippen LogP contribution in [0.5, 0.6) is 0 Å².